The number of sulfonamides is 1. The summed E-state index contributed by atoms with van der Waals surface area (Å²) in [7, 11) is -4.06. The number of hydrogen-bond donors (Lipinski definition) is 3. The largest absolute Gasteiger partial charge is 0.366 e. The minimum absolute atomic E-state index is 0.0429. The maximum atomic E-state index is 13.3. The highest BCUT2D eigenvalue weighted by atomic mass is 32.2. The maximum Gasteiger partial charge on any atom is 0.261 e. The Morgan fingerprint density at radius 2 is 1.69 bits per heavy atom. The molecule has 0 fully saturated rings. The Bertz CT molecular complexity index is 1370. The van der Waals surface area contributed by atoms with Crippen molar-refractivity contribution >= 4 is 44.1 Å². The average Bonchev–Trinajstić information content (AvgIpc) is 2.82. The molecular formula is C26H29N3O5S. The topological polar surface area (TPSA) is 135 Å². The molecule has 4 N–H and O–H groups in total. The van der Waals surface area contributed by atoms with Gasteiger partial charge in [0.05, 0.1) is 17.1 Å². The molecular weight excluding hydrogens is 466 g/mol. The molecule has 0 heterocycles. The molecule has 0 saturated carbocycles. The van der Waals surface area contributed by atoms with Crippen LogP contribution in [0.25, 0.3) is 10.8 Å². The van der Waals surface area contributed by atoms with Gasteiger partial charge in [-0.15, -0.1) is 0 Å². The van der Waals surface area contributed by atoms with Crippen molar-refractivity contribution in [1.82, 2.24) is 5.32 Å². The molecule has 0 saturated heterocycles. The number of benzene rings is 3. The van der Waals surface area contributed by atoms with E-state index >= 15 is 0 Å². The van der Waals surface area contributed by atoms with E-state index in [0.717, 1.165) is 17.2 Å². The van der Waals surface area contributed by atoms with Gasteiger partial charge in [0, 0.05) is 18.4 Å². The number of ketones is 1. The number of nitrogens with two attached hydrogens (primary N) is 1. The monoisotopic (exact) mass is 495 g/mol. The van der Waals surface area contributed by atoms with Gasteiger partial charge in [-0.2, -0.15) is 0 Å². The van der Waals surface area contributed by atoms with Gasteiger partial charge in [-0.3, -0.25) is 19.1 Å². The highest BCUT2D eigenvalue weighted by Crippen LogP contribution is 2.34. The summed E-state index contributed by atoms with van der Waals surface area (Å²) >= 11 is 0. The van der Waals surface area contributed by atoms with Crippen molar-refractivity contribution in [2.75, 3.05) is 11.3 Å². The molecule has 0 aromatic heterocycles. The molecule has 0 aliphatic rings. The molecule has 1 atom stereocenters. The van der Waals surface area contributed by atoms with Crippen LogP contribution in [0.1, 0.15) is 54.9 Å². The van der Waals surface area contributed by atoms with Crippen LogP contribution in [-0.4, -0.2) is 32.6 Å². The van der Waals surface area contributed by atoms with Crippen LogP contribution >= 0.6 is 0 Å². The minimum atomic E-state index is -4.06. The lowest BCUT2D eigenvalue weighted by molar-refractivity contribution is -0.124. The summed E-state index contributed by atoms with van der Waals surface area (Å²) < 4.78 is 29.2. The Balaban J connectivity index is 2.08. The third kappa shape index (κ3) is 6.24. The Kier molecular flexibility index (Phi) is 8.24. The standard InChI is InChI=1S/C26H29N3O5S/c1-3-4-10-21(24(31)16-28-17(2)30)25-22(26(27)32)11-7-12-23(25)29-35(33,34)20-14-13-18-8-5-6-9-19(18)15-20/h5-9,11-15,21,29H,3-4,10,16H2,1-2H3,(H2,27,32)(H,28,30). The predicted molar refractivity (Wildman–Crippen MR) is 136 cm³/mol. The van der Waals surface area contributed by atoms with Crippen LogP contribution in [0.15, 0.2) is 65.6 Å². The van der Waals surface area contributed by atoms with E-state index in [0.29, 0.717) is 12.8 Å². The van der Waals surface area contributed by atoms with Crippen LogP contribution < -0.4 is 15.8 Å². The first-order chi connectivity index (χ1) is 16.6. The van der Waals surface area contributed by atoms with E-state index in [1.54, 1.807) is 12.1 Å². The Labute approximate surface area is 205 Å². The fraction of sp³-hybridized carbons (Fsp3) is 0.269. The second-order valence-corrected chi connectivity index (χ2v) is 10.00. The highest BCUT2D eigenvalue weighted by molar-refractivity contribution is 7.92. The molecule has 3 aromatic rings. The first-order valence-electron chi connectivity index (χ1n) is 11.4. The van der Waals surface area contributed by atoms with E-state index in [9.17, 15) is 22.8 Å². The first kappa shape index (κ1) is 25.9. The smallest absolute Gasteiger partial charge is 0.261 e. The molecule has 0 spiro atoms. The van der Waals surface area contributed by atoms with Gasteiger partial charge in [0.2, 0.25) is 11.8 Å². The second-order valence-electron chi connectivity index (χ2n) is 8.32. The summed E-state index contributed by atoms with van der Waals surface area (Å²) in [6.45, 7) is 3.02. The second kappa shape index (κ2) is 11.1. The van der Waals surface area contributed by atoms with Crippen molar-refractivity contribution in [3.8, 4) is 0 Å². The molecule has 184 valence electrons. The number of primary amides is 1. The van der Waals surface area contributed by atoms with E-state index in [1.807, 2.05) is 31.2 Å². The van der Waals surface area contributed by atoms with Gasteiger partial charge in [0.25, 0.3) is 10.0 Å². The molecule has 0 aliphatic heterocycles. The molecule has 3 aromatic carbocycles. The summed E-state index contributed by atoms with van der Waals surface area (Å²) in [5, 5.41) is 4.14. The molecule has 2 amide bonds. The number of carbonyl (C=O) groups is 3. The molecule has 0 aliphatic carbocycles. The summed E-state index contributed by atoms with van der Waals surface area (Å²) in [5.74, 6) is -2.32. The number of nitrogens with one attached hydrogen (secondary N) is 2. The SMILES string of the molecule is CCCCC(C(=O)CNC(C)=O)c1c(NS(=O)(=O)c2ccc3ccccc3c2)cccc1C(N)=O. The molecule has 3 rings (SSSR count). The molecule has 0 radical (unpaired) electrons. The zero-order valence-electron chi connectivity index (χ0n) is 19.7. The van der Waals surface area contributed by atoms with Gasteiger partial charge in [-0.25, -0.2) is 8.42 Å². The van der Waals surface area contributed by atoms with Crippen molar-refractivity contribution in [2.45, 2.75) is 43.9 Å². The van der Waals surface area contributed by atoms with Crippen LogP contribution in [0.2, 0.25) is 0 Å². The lowest BCUT2D eigenvalue weighted by atomic mass is 9.85. The van der Waals surface area contributed by atoms with Crippen molar-refractivity contribution in [3.63, 3.8) is 0 Å². The normalized spacial score (nSPS) is 12.2. The highest BCUT2D eigenvalue weighted by Gasteiger charge is 2.29. The third-order valence-electron chi connectivity index (χ3n) is 5.74. The molecule has 1 unspecified atom stereocenters. The summed E-state index contributed by atoms with van der Waals surface area (Å²) in [6.07, 6.45) is 1.80. The molecule has 35 heavy (non-hydrogen) atoms. The van der Waals surface area contributed by atoms with Crippen molar-refractivity contribution in [3.05, 3.63) is 71.8 Å². The van der Waals surface area contributed by atoms with E-state index in [2.05, 4.69) is 10.0 Å². The number of carbonyl (C=O) groups excluding carboxylic acids is 3. The Morgan fingerprint density at radius 3 is 2.34 bits per heavy atom. The fourth-order valence-corrected chi connectivity index (χ4v) is 5.11. The molecule has 0 bridgehead atoms. The Hall–Kier alpha value is -3.72. The fourth-order valence-electron chi connectivity index (χ4n) is 3.99. The first-order valence-corrected chi connectivity index (χ1v) is 12.8. The van der Waals surface area contributed by atoms with Gasteiger partial charge in [0.1, 0.15) is 0 Å². The zero-order chi connectivity index (χ0) is 25.6. The van der Waals surface area contributed by atoms with Crippen molar-refractivity contribution in [1.29, 1.82) is 0 Å². The minimum Gasteiger partial charge on any atom is -0.366 e. The van der Waals surface area contributed by atoms with Crippen LogP contribution in [-0.2, 0) is 19.6 Å². The van der Waals surface area contributed by atoms with Crippen LogP contribution in [0.3, 0.4) is 0 Å². The van der Waals surface area contributed by atoms with Crippen LogP contribution in [0.4, 0.5) is 5.69 Å². The lowest BCUT2D eigenvalue weighted by Crippen LogP contribution is -2.32. The number of amides is 2. The van der Waals surface area contributed by atoms with Crippen LogP contribution in [0, 0.1) is 0 Å². The maximum absolute atomic E-state index is 13.3. The molecule has 8 nitrogen and oxygen atoms in total. The zero-order valence-corrected chi connectivity index (χ0v) is 20.5. The van der Waals surface area contributed by atoms with Crippen molar-refractivity contribution in [2.24, 2.45) is 5.73 Å². The van der Waals surface area contributed by atoms with E-state index in [-0.39, 0.29) is 39.9 Å². The Morgan fingerprint density at radius 1 is 0.971 bits per heavy atom. The molecule has 9 heteroatoms. The van der Waals surface area contributed by atoms with Gasteiger partial charge in [0.15, 0.2) is 5.78 Å². The van der Waals surface area contributed by atoms with Gasteiger partial charge < -0.3 is 11.1 Å². The quantitative estimate of drug-likeness (QED) is 0.373. The van der Waals surface area contributed by atoms with E-state index < -0.39 is 21.8 Å². The average molecular weight is 496 g/mol. The lowest BCUT2D eigenvalue weighted by Gasteiger charge is -2.23. The van der Waals surface area contributed by atoms with E-state index in [1.165, 1.54) is 31.2 Å². The van der Waals surface area contributed by atoms with Gasteiger partial charge in [-0.05, 0) is 47.0 Å². The number of Topliss-reactive ketones (excluding diaryl/α,β-unsaturated/α-hetero) is 1. The summed E-state index contributed by atoms with van der Waals surface area (Å²) in [4.78, 5) is 36.8. The van der Waals surface area contributed by atoms with Crippen molar-refractivity contribution < 1.29 is 22.8 Å². The summed E-state index contributed by atoms with van der Waals surface area (Å²) in [6, 6.07) is 16.6. The number of anilines is 1. The third-order valence-corrected chi connectivity index (χ3v) is 7.11. The van der Waals surface area contributed by atoms with Crippen LogP contribution in [0.5, 0.6) is 0 Å². The number of hydrogen-bond acceptors (Lipinski definition) is 5. The predicted octanol–water partition coefficient (Wildman–Crippen LogP) is 3.72. The van der Waals surface area contributed by atoms with Gasteiger partial charge in [-0.1, -0.05) is 56.2 Å². The number of unbranched alkanes of at least 4 members (excludes halogenated alkanes) is 1. The number of rotatable bonds is 11. The van der Waals surface area contributed by atoms with Gasteiger partial charge >= 0.3 is 0 Å². The summed E-state index contributed by atoms with van der Waals surface area (Å²) in [5.41, 5.74) is 5.99. The number of fused-ring (bicyclic) bond motifs is 1. The van der Waals surface area contributed by atoms with E-state index in [4.69, 9.17) is 5.73 Å².